The summed E-state index contributed by atoms with van der Waals surface area (Å²) < 4.78 is 12.7. The van der Waals surface area contributed by atoms with Gasteiger partial charge in [0.15, 0.2) is 0 Å². The molecule has 2 bridgehead atoms. The Morgan fingerprint density at radius 3 is 3.33 bits per heavy atom. The molecule has 80 valence electrons. The van der Waals surface area contributed by atoms with Crippen LogP contribution in [0.15, 0.2) is 17.1 Å². The monoisotopic (exact) mass is 210 g/mol. The van der Waals surface area contributed by atoms with Crippen LogP contribution >= 0.6 is 0 Å². The molecule has 1 N–H and O–H groups in total. The summed E-state index contributed by atoms with van der Waals surface area (Å²) in [5.41, 5.74) is -0.330. The summed E-state index contributed by atoms with van der Waals surface area (Å²) in [6.07, 6.45) is 1.58. The van der Waals surface area contributed by atoms with Crippen LogP contribution < -0.4 is 10.3 Å². The average molecular weight is 210 g/mol. The van der Waals surface area contributed by atoms with E-state index in [9.17, 15) is 4.79 Å². The molecule has 3 heterocycles. The van der Waals surface area contributed by atoms with Crippen molar-refractivity contribution in [3.8, 4) is 6.01 Å². The van der Waals surface area contributed by atoms with Gasteiger partial charge in [-0.1, -0.05) is 0 Å². The quantitative estimate of drug-likeness (QED) is 0.662. The van der Waals surface area contributed by atoms with Crippen molar-refractivity contribution in [3.63, 3.8) is 0 Å². The first kappa shape index (κ1) is 8.87. The van der Waals surface area contributed by atoms with Gasteiger partial charge < -0.3 is 14.6 Å². The zero-order chi connectivity index (χ0) is 10.4. The van der Waals surface area contributed by atoms with E-state index in [1.165, 1.54) is 6.07 Å². The Balaban J connectivity index is 2.03. The molecule has 0 aliphatic carbocycles. The van der Waals surface area contributed by atoms with Crippen molar-refractivity contribution in [2.75, 3.05) is 6.61 Å². The summed E-state index contributed by atoms with van der Waals surface area (Å²) in [4.78, 5) is 14.8. The first-order valence-electron chi connectivity index (χ1n) is 4.80. The molecule has 2 aliphatic rings. The number of ether oxygens (including phenoxy) is 2. The van der Waals surface area contributed by atoms with Crippen LogP contribution in [0, 0.1) is 0 Å². The Bertz CT molecular complexity index is 444. The molecule has 0 saturated carbocycles. The first-order valence-corrected chi connectivity index (χ1v) is 4.80. The Hall–Kier alpha value is -1.40. The van der Waals surface area contributed by atoms with E-state index >= 15 is 0 Å². The summed E-state index contributed by atoms with van der Waals surface area (Å²) in [6.45, 7) is -0.0834. The minimum Gasteiger partial charge on any atom is -0.458 e. The van der Waals surface area contributed by atoms with E-state index in [1.807, 2.05) is 0 Å². The Morgan fingerprint density at radius 1 is 1.67 bits per heavy atom. The summed E-state index contributed by atoms with van der Waals surface area (Å²) in [5.74, 6) is 0. The molecular weight excluding hydrogens is 200 g/mol. The lowest BCUT2D eigenvalue weighted by Gasteiger charge is -2.22. The topological polar surface area (TPSA) is 73.6 Å². The fourth-order valence-electron chi connectivity index (χ4n) is 2.00. The number of aliphatic hydroxyl groups excluding tert-OH is 1. The predicted molar refractivity (Wildman–Crippen MR) is 48.5 cm³/mol. The van der Waals surface area contributed by atoms with Crippen molar-refractivity contribution in [2.45, 2.75) is 24.9 Å². The fraction of sp³-hybridized carbons (Fsp3) is 0.556. The number of hydrogen-bond acceptors (Lipinski definition) is 5. The van der Waals surface area contributed by atoms with E-state index in [1.54, 1.807) is 10.8 Å². The SMILES string of the molecule is O=c1ccn2c(n1)OC1CC2OC1CO. The van der Waals surface area contributed by atoms with Crippen molar-refractivity contribution >= 4 is 0 Å². The van der Waals surface area contributed by atoms with Crippen LogP contribution in [0.3, 0.4) is 0 Å². The van der Waals surface area contributed by atoms with Gasteiger partial charge in [-0.25, -0.2) is 0 Å². The maximum absolute atomic E-state index is 11.0. The smallest absolute Gasteiger partial charge is 0.302 e. The van der Waals surface area contributed by atoms with Crippen LogP contribution in [0.2, 0.25) is 0 Å². The van der Waals surface area contributed by atoms with Gasteiger partial charge in [-0.3, -0.25) is 9.36 Å². The molecule has 1 aromatic heterocycles. The molecule has 2 aliphatic heterocycles. The molecule has 15 heavy (non-hydrogen) atoms. The standard InChI is InChI=1S/C9H10N2O4/c12-4-6-5-3-8(14-6)11-2-1-7(13)10-9(11)15-5/h1-2,5-6,8,12H,3-4H2. The van der Waals surface area contributed by atoms with Gasteiger partial charge in [0.05, 0.1) is 6.61 Å². The van der Waals surface area contributed by atoms with Crippen LogP contribution in [0.4, 0.5) is 0 Å². The van der Waals surface area contributed by atoms with Crippen LogP contribution in [-0.4, -0.2) is 33.5 Å². The number of aromatic nitrogens is 2. The summed E-state index contributed by atoms with van der Waals surface area (Å²) >= 11 is 0. The first-order chi connectivity index (χ1) is 7.28. The number of hydrogen-bond donors (Lipinski definition) is 1. The molecule has 6 heteroatoms. The molecule has 3 atom stereocenters. The van der Waals surface area contributed by atoms with E-state index < -0.39 is 0 Å². The third-order valence-electron chi connectivity index (χ3n) is 2.73. The van der Waals surface area contributed by atoms with Crippen molar-refractivity contribution < 1.29 is 14.6 Å². The number of rotatable bonds is 1. The minimum atomic E-state index is -0.330. The molecule has 0 spiro atoms. The van der Waals surface area contributed by atoms with E-state index in [0.29, 0.717) is 6.42 Å². The van der Waals surface area contributed by atoms with Gasteiger partial charge in [-0.05, 0) is 0 Å². The molecule has 1 saturated heterocycles. The Labute approximate surface area is 85.1 Å². The second-order valence-electron chi connectivity index (χ2n) is 3.66. The van der Waals surface area contributed by atoms with Gasteiger partial charge in [0.25, 0.3) is 5.56 Å². The number of nitrogens with zero attached hydrogens (tertiary/aromatic N) is 2. The van der Waals surface area contributed by atoms with Gasteiger partial charge >= 0.3 is 6.01 Å². The van der Waals surface area contributed by atoms with Crippen LogP contribution in [0.5, 0.6) is 6.01 Å². The maximum atomic E-state index is 11.0. The Kier molecular flexibility index (Phi) is 1.80. The van der Waals surface area contributed by atoms with Gasteiger partial charge in [0, 0.05) is 18.7 Å². The molecule has 3 unspecified atom stereocenters. The molecule has 1 fully saturated rings. The number of fused-ring (bicyclic) bond motifs is 4. The highest BCUT2D eigenvalue weighted by Crippen LogP contribution is 2.37. The second-order valence-corrected chi connectivity index (χ2v) is 3.66. The highest BCUT2D eigenvalue weighted by atomic mass is 16.6. The Morgan fingerprint density at radius 2 is 2.53 bits per heavy atom. The fourth-order valence-corrected chi connectivity index (χ4v) is 2.00. The van der Waals surface area contributed by atoms with Crippen molar-refractivity contribution in [3.05, 3.63) is 22.6 Å². The second kappa shape index (κ2) is 3.04. The van der Waals surface area contributed by atoms with Gasteiger partial charge in [-0.2, -0.15) is 4.98 Å². The lowest BCUT2D eigenvalue weighted by Crippen LogP contribution is -2.32. The molecule has 1 aromatic rings. The van der Waals surface area contributed by atoms with Crippen LogP contribution in [0.1, 0.15) is 12.6 Å². The summed E-state index contributed by atoms with van der Waals surface area (Å²) in [6, 6.07) is 1.64. The highest BCUT2D eigenvalue weighted by molar-refractivity contribution is 5.07. The summed E-state index contributed by atoms with van der Waals surface area (Å²) in [7, 11) is 0. The maximum Gasteiger partial charge on any atom is 0.302 e. The lowest BCUT2D eigenvalue weighted by molar-refractivity contribution is -0.0247. The molecular formula is C9H10N2O4. The molecule has 6 nitrogen and oxygen atoms in total. The van der Waals surface area contributed by atoms with Crippen molar-refractivity contribution in [1.29, 1.82) is 0 Å². The third-order valence-corrected chi connectivity index (χ3v) is 2.73. The molecule has 0 aromatic carbocycles. The van der Waals surface area contributed by atoms with E-state index in [2.05, 4.69) is 4.98 Å². The van der Waals surface area contributed by atoms with E-state index in [-0.39, 0.29) is 36.6 Å². The predicted octanol–water partition coefficient (Wildman–Crippen LogP) is -0.716. The zero-order valence-corrected chi connectivity index (χ0v) is 7.87. The lowest BCUT2D eigenvalue weighted by atomic mass is 10.2. The molecule has 0 amide bonds. The van der Waals surface area contributed by atoms with Crippen molar-refractivity contribution in [2.24, 2.45) is 0 Å². The largest absolute Gasteiger partial charge is 0.458 e. The summed E-state index contributed by atoms with van der Waals surface area (Å²) in [5, 5.41) is 9.05. The highest BCUT2D eigenvalue weighted by Gasteiger charge is 2.42. The zero-order valence-electron chi connectivity index (χ0n) is 7.87. The number of aliphatic hydroxyl groups is 1. The van der Waals surface area contributed by atoms with Gasteiger partial charge in [0.1, 0.15) is 18.4 Å². The normalized spacial score (nSPS) is 32.2. The van der Waals surface area contributed by atoms with E-state index in [4.69, 9.17) is 14.6 Å². The van der Waals surface area contributed by atoms with Gasteiger partial charge in [0.2, 0.25) is 0 Å². The van der Waals surface area contributed by atoms with Gasteiger partial charge in [-0.15, -0.1) is 0 Å². The van der Waals surface area contributed by atoms with Crippen LogP contribution in [0.25, 0.3) is 0 Å². The molecule has 3 rings (SSSR count). The van der Waals surface area contributed by atoms with E-state index in [0.717, 1.165) is 0 Å². The van der Waals surface area contributed by atoms with Crippen LogP contribution in [-0.2, 0) is 4.74 Å². The van der Waals surface area contributed by atoms with Crippen molar-refractivity contribution in [1.82, 2.24) is 9.55 Å². The molecule has 0 radical (unpaired) electrons. The average Bonchev–Trinajstić information content (AvgIpc) is 2.56. The third kappa shape index (κ3) is 1.25. The minimum absolute atomic E-state index is 0.0834.